The fourth-order valence-electron chi connectivity index (χ4n) is 1.85. The van der Waals surface area contributed by atoms with Gasteiger partial charge in [-0.05, 0) is 18.3 Å². The fraction of sp³-hybridized carbons (Fsp3) is 0.833. The lowest BCUT2D eigenvalue weighted by Crippen LogP contribution is -2.58. The van der Waals surface area contributed by atoms with Crippen LogP contribution < -0.4 is 16.0 Å². The first-order chi connectivity index (χ1) is 8.44. The van der Waals surface area contributed by atoms with E-state index in [-0.39, 0.29) is 36.4 Å². The Balaban J connectivity index is 2.29. The Bertz CT molecular complexity index is 295. The lowest BCUT2D eigenvalue weighted by Gasteiger charge is -2.28. The molecule has 6 nitrogen and oxygen atoms in total. The van der Waals surface area contributed by atoms with E-state index in [9.17, 15) is 9.59 Å². The first-order valence-electron chi connectivity index (χ1n) is 6.33. The maximum Gasteiger partial charge on any atom is 0.238 e. The molecule has 1 saturated heterocycles. The highest BCUT2D eigenvalue weighted by Crippen LogP contribution is 2.20. The van der Waals surface area contributed by atoms with Gasteiger partial charge in [-0.2, -0.15) is 0 Å². The van der Waals surface area contributed by atoms with Gasteiger partial charge in [-0.25, -0.2) is 0 Å². The number of amides is 2. The third-order valence-corrected chi connectivity index (χ3v) is 3.08. The Hall–Kier alpha value is -1.14. The van der Waals surface area contributed by atoms with Gasteiger partial charge in [-0.15, -0.1) is 0 Å². The molecule has 1 fully saturated rings. The summed E-state index contributed by atoms with van der Waals surface area (Å²) in [5.41, 5.74) is -0.0314. The topological polar surface area (TPSA) is 90.5 Å². The molecule has 2 amide bonds. The number of aliphatic hydroxyl groups excluding tert-OH is 1. The van der Waals surface area contributed by atoms with Crippen molar-refractivity contribution in [2.24, 2.45) is 5.41 Å². The number of hydrogen-bond acceptors (Lipinski definition) is 4. The number of carbonyl (C=O) groups is 2. The summed E-state index contributed by atoms with van der Waals surface area (Å²) in [5, 5.41) is 17.2. The molecule has 0 spiro atoms. The van der Waals surface area contributed by atoms with Crippen LogP contribution in [0.15, 0.2) is 0 Å². The van der Waals surface area contributed by atoms with Gasteiger partial charge in [0.05, 0.1) is 6.54 Å². The van der Waals surface area contributed by atoms with Crippen molar-refractivity contribution in [1.29, 1.82) is 0 Å². The van der Waals surface area contributed by atoms with Crippen molar-refractivity contribution >= 4 is 11.8 Å². The van der Waals surface area contributed by atoms with Crippen LogP contribution in [-0.4, -0.2) is 49.2 Å². The zero-order valence-electron chi connectivity index (χ0n) is 11.1. The number of aliphatic hydroxyl groups is 1. The molecule has 0 aromatic heterocycles. The minimum Gasteiger partial charge on any atom is -0.396 e. The summed E-state index contributed by atoms with van der Waals surface area (Å²) >= 11 is 0. The number of hydrogen-bond donors (Lipinski definition) is 4. The van der Waals surface area contributed by atoms with E-state index in [0.29, 0.717) is 13.1 Å². The molecule has 0 bridgehead atoms. The van der Waals surface area contributed by atoms with Crippen LogP contribution in [0.2, 0.25) is 0 Å². The lowest BCUT2D eigenvalue weighted by atomic mass is 9.88. The molecule has 1 aliphatic heterocycles. The Morgan fingerprint density at radius 1 is 1.56 bits per heavy atom. The number of carbonyl (C=O) groups excluding carboxylic acids is 2. The second-order valence-corrected chi connectivity index (χ2v) is 5.45. The molecule has 18 heavy (non-hydrogen) atoms. The second kappa shape index (κ2) is 6.70. The standard InChI is InChI=1S/C12H23N3O3/c1-12(2,4-3-5-16)8-15-11(18)9-6-14-10(17)7-13-9/h9,13,16H,3-8H2,1-2H3,(H,14,17)(H,15,18). The van der Waals surface area contributed by atoms with Crippen molar-refractivity contribution in [2.45, 2.75) is 32.7 Å². The molecule has 0 aromatic carbocycles. The van der Waals surface area contributed by atoms with Crippen molar-refractivity contribution in [2.75, 3.05) is 26.2 Å². The van der Waals surface area contributed by atoms with E-state index in [0.717, 1.165) is 12.8 Å². The van der Waals surface area contributed by atoms with Gasteiger partial charge in [0.1, 0.15) is 6.04 Å². The van der Waals surface area contributed by atoms with Crippen LogP contribution in [0.25, 0.3) is 0 Å². The maximum absolute atomic E-state index is 11.9. The van der Waals surface area contributed by atoms with Gasteiger partial charge < -0.3 is 15.7 Å². The third kappa shape index (κ3) is 5.01. The summed E-state index contributed by atoms with van der Waals surface area (Å²) in [6.45, 7) is 5.37. The van der Waals surface area contributed by atoms with Crippen LogP contribution in [0.4, 0.5) is 0 Å². The van der Waals surface area contributed by atoms with E-state index in [1.807, 2.05) is 0 Å². The predicted molar refractivity (Wildman–Crippen MR) is 67.9 cm³/mol. The summed E-state index contributed by atoms with van der Waals surface area (Å²) in [4.78, 5) is 22.8. The lowest BCUT2D eigenvalue weighted by molar-refractivity contribution is -0.126. The molecule has 1 rings (SSSR count). The van der Waals surface area contributed by atoms with Gasteiger partial charge in [-0.3, -0.25) is 14.9 Å². The van der Waals surface area contributed by atoms with Gasteiger partial charge in [0, 0.05) is 19.7 Å². The zero-order valence-corrected chi connectivity index (χ0v) is 11.1. The molecule has 0 saturated carbocycles. The highest BCUT2D eigenvalue weighted by molar-refractivity contribution is 5.86. The molecular formula is C12H23N3O3. The largest absolute Gasteiger partial charge is 0.396 e. The molecule has 104 valence electrons. The maximum atomic E-state index is 11.9. The average Bonchev–Trinajstić information content (AvgIpc) is 2.35. The molecule has 6 heteroatoms. The second-order valence-electron chi connectivity index (χ2n) is 5.45. The first-order valence-corrected chi connectivity index (χ1v) is 6.33. The number of rotatable bonds is 6. The van der Waals surface area contributed by atoms with E-state index in [2.05, 4.69) is 29.8 Å². The molecule has 0 aliphatic carbocycles. The van der Waals surface area contributed by atoms with Crippen LogP contribution in [0.5, 0.6) is 0 Å². The summed E-state index contributed by atoms with van der Waals surface area (Å²) in [7, 11) is 0. The summed E-state index contributed by atoms with van der Waals surface area (Å²) in [6.07, 6.45) is 1.60. The molecule has 1 unspecified atom stereocenters. The van der Waals surface area contributed by atoms with E-state index in [4.69, 9.17) is 5.11 Å². The van der Waals surface area contributed by atoms with E-state index < -0.39 is 0 Å². The van der Waals surface area contributed by atoms with Crippen molar-refractivity contribution in [3.63, 3.8) is 0 Å². The van der Waals surface area contributed by atoms with E-state index >= 15 is 0 Å². The van der Waals surface area contributed by atoms with Crippen molar-refractivity contribution in [3.8, 4) is 0 Å². The minimum absolute atomic E-state index is 0.0314. The van der Waals surface area contributed by atoms with E-state index in [1.54, 1.807) is 0 Å². The summed E-state index contributed by atoms with van der Waals surface area (Å²) in [6, 6.07) is -0.351. The van der Waals surface area contributed by atoms with Crippen molar-refractivity contribution in [3.05, 3.63) is 0 Å². The molecule has 1 aliphatic rings. The monoisotopic (exact) mass is 257 g/mol. The zero-order chi connectivity index (χ0) is 13.6. The smallest absolute Gasteiger partial charge is 0.238 e. The molecule has 4 N–H and O–H groups in total. The molecule has 1 atom stereocenters. The fourth-order valence-corrected chi connectivity index (χ4v) is 1.85. The minimum atomic E-state index is -0.351. The highest BCUT2D eigenvalue weighted by atomic mass is 16.3. The normalized spacial score (nSPS) is 20.4. The van der Waals surface area contributed by atoms with Gasteiger partial charge in [-0.1, -0.05) is 13.8 Å². The average molecular weight is 257 g/mol. The Morgan fingerprint density at radius 3 is 2.83 bits per heavy atom. The molecule has 0 radical (unpaired) electrons. The SMILES string of the molecule is CC(C)(CCCO)CNC(=O)C1CNC(=O)CN1. The van der Waals surface area contributed by atoms with Gasteiger partial charge >= 0.3 is 0 Å². The number of nitrogens with one attached hydrogen (secondary N) is 3. The van der Waals surface area contributed by atoms with Crippen LogP contribution in [0, 0.1) is 5.41 Å². The number of piperazine rings is 1. The van der Waals surface area contributed by atoms with Crippen LogP contribution in [0.3, 0.4) is 0 Å². The van der Waals surface area contributed by atoms with Gasteiger partial charge in [0.25, 0.3) is 0 Å². The predicted octanol–water partition coefficient (Wildman–Crippen LogP) is -1.01. The molecule has 0 aromatic rings. The van der Waals surface area contributed by atoms with Crippen LogP contribution in [0.1, 0.15) is 26.7 Å². The summed E-state index contributed by atoms with van der Waals surface area (Å²) < 4.78 is 0. The Kier molecular flexibility index (Phi) is 5.55. The summed E-state index contributed by atoms with van der Waals surface area (Å²) in [5.74, 6) is -0.172. The first kappa shape index (κ1) is 14.9. The third-order valence-electron chi connectivity index (χ3n) is 3.08. The van der Waals surface area contributed by atoms with Crippen LogP contribution in [-0.2, 0) is 9.59 Å². The van der Waals surface area contributed by atoms with Crippen molar-refractivity contribution < 1.29 is 14.7 Å². The van der Waals surface area contributed by atoms with Crippen LogP contribution >= 0.6 is 0 Å². The highest BCUT2D eigenvalue weighted by Gasteiger charge is 2.25. The van der Waals surface area contributed by atoms with Gasteiger partial charge in [0.15, 0.2) is 0 Å². The molecule has 1 heterocycles. The van der Waals surface area contributed by atoms with Gasteiger partial charge in [0.2, 0.25) is 11.8 Å². The Morgan fingerprint density at radius 2 is 2.28 bits per heavy atom. The quantitative estimate of drug-likeness (QED) is 0.491. The van der Waals surface area contributed by atoms with E-state index in [1.165, 1.54) is 0 Å². The molecular weight excluding hydrogens is 234 g/mol. The van der Waals surface area contributed by atoms with Crippen molar-refractivity contribution in [1.82, 2.24) is 16.0 Å². The Labute approximate surface area is 108 Å².